The first-order chi connectivity index (χ1) is 14.1. The molecule has 30 heavy (non-hydrogen) atoms. The Morgan fingerprint density at radius 3 is 2.03 bits per heavy atom. The van der Waals surface area contributed by atoms with E-state index < -0.39 is 23.9 Å². The minimum atomic E-state index is -0.953. The second kappa shape index (κ2) is 8.14. The van der Waals surface area contributed by atoms with Crippen molar-refractivity contribution in [2.24, 2.45) is 0 Å². The van der Waals surface area contributed by atoms with E-state index >= 15 is 0 Å². The molecule has 1 fully saturated rings. The monoisotopic (exact) mass is 406 g/mol. The first kappa shape index (κ1) is 21.3. The highest BCUT2D eigenvalue weighted by Gasteiger charge is 2.51. The lowest BCUT2D eigenvalue weighted by molar-refractivity contribution is -0.128. The van der Waals surface area contributed by atoms with Crippen molar-refractivity contribution in [1.82, 2.24) is 9.80 Å². The van der Waals surface area contributed by atoms with Crippen LogP contribution < -0.4 is 0 Å². The summed E-state index contributed by atoms with van der Waals surface area (Å²) >= 11 is 0. The molecule has 0 unspecified atom stereocenters. The minimum Gasteiger partial charge on any atom is -0.444 e. The Balaban J connectivity index is 2.05. The molecule has 0 aliphatic carbocycles. The number of Topliss-reactive ketones (excluding diaryl/α,β-unsaturated/α-hetero) is 1. The molecule has 1 saturated heterocycles. The average Bonchev–Trinajstić information content (AvgIpc) is 2.98. The van der Waals surface area contributed by atoms with Crippen LogP contribution in [0, 0.1) is 0 Å². The molecule has 2 atom stereocenters. The summed E-state index contributed by atoms with van der Waals surface area (Å²) in [4.78, 5) is 42.1. The van der Waals surface area contributed by atoms with E-state index in [0.29, 0.717) is 11.1 Å². The summed E-state index contributed by atoms with van der Waals surface area (Å²) in [6, 6.07) is 16.7. The van der Waals surface area contributed by atoms with Gasteiger partial charge in [-0.1, -0.05) is 67.2 Å². The topological polar surface area (TPSA) is 66.9 Å². The third kappa shape index (κ3) is 4.13. The lowest BCUT2D eigenvalue weighted by atomic mass is 10.0. The lowest BCUT2D eigenvalue weighted by Crippen LogP contribution is -2.46. The molecule has 2 aromatic rings. The van der Waals surface area contributed by atoms with Crippen LogP contribution in [0.1, 0.15) is 42.7 Å². The van der Waals surface area contributed by atoms with Gasteiger partial charge in [0.25, 0.3) is 5.91 Å². The Bertz CT molecular complexity index is 964. The van der Waals surface area contributed by atoms with Gasteiger partial charge in [-0.2, -0.15) is 0 Å². The van der Waals surface area contributed by atoms with Crippen LogP contribution in [-0.4, -0.2) is 46.4 Å². The van der Waals surface area contributed by atoms with Crippen LogP contribution in [0.5, 0.6) is 0 Å². The van der Waals surface area contributed by atoms with E-state index in [-0.39, 0.29) is 17.3 Å². The Hall–Kier alpha value is -3.41. The van der Waals surface area contributed by atoms with Crippen molar-refractivity contribution < 1.29 is 19.1 Å². The molecule has 6 nitrogen and oxygen atoms in total. The molecular weight excluding hydrogens is 380 g/mol. The molecule has 3 rings (SSSR count). The third-order valence-electron chi connectivity index (χ3n) is 4.85. The fraction of sp³-hybridized carbons (Fsp3) is 0.292. The number of carbonyl (C=O) groups excluding carboxylic acids is 3. The zero-order valence-corrected chi connectivity index (χ0v) is 17.7. The summed E-state index contributed by atoms with van der Waals surface area (Å²) < 4.78 is 5.59. The normalized spacial score (nSPS) is 19.0. The molecule has 6 heteroatoms. The highest BCUT2D eigenvalue weighted by molar-refractivity contribution is 6.10. The number of amides is 2. The summed E-state index contributed by atoms with van der Waals surface area (Å²) in [6.07, 6.45) is -1.63. The van der Waals surface area contributed by atoms with Gasteiger partial charge in [-0.15, -0.1) is 0 Å². The molecule has 0 aromatic heterocycles. The van der Waals surface area contributed by atoms with E-state index in [1.54, 1.807) is 76.3 Å². The zero-order valence-electron chi connectivity index (χ0n) is 17.7. The highest BCUT2D eigenvalue weighted by Crippen LogP contribution is 2.37. The summed E-state index contributed by atoms with van der Waals surface area (Å²) in [5, 5.41) is 0. The van der Waals surface area contributed by atoms with Crippen molar-refractivity contribution in [3.05, 3.63) is 83.9 Å². The van der Waals surface area contributed by atoms with Crippen LogP contribution >= 0.6 is 0 Å². The summed E-state index contributed by atoms with van der Waals surface area (Å²) in [7, 11) is 1.57. The molecule has 2 amide bonds. The van der Waals surface area contributed by atoms with Crippen molar-refractivity contribution >= 4 is 17.8 Å². The number of ether oxygens (including phenoxy) is 1. The molecule has 0 spiro atoms. The van der Waals surface area contributed by atoms with Crippen LogP contribution in [-0.2, 0) is 9.53 Å². The summed E-state index contributed by atoms with van der Waals surface area (Å²) in [5.41, 5.74) is 0.442. The van der Waals surface area contributed by atoms with Gasteiger partial charge in [0, 0.05) is 18.2 Å². The van der Waals surface area contributed by atoms with Gasteiger partial charge in [0.15, 0.2) is 5.78 Å². The van der Waals surface area contributed by atoms with Crippen molar-refractivity contribution in [3.8, 4) is 0 Å². The van der Waals surface area contributed by atoms with E-state index in [4.69, 9.17) is 4.74 Å². The fourth-order valence-electron chi connectivity index (χ4n) is 3.51. The molecule has 1 heterocycles. The number of likely N-dealkylation sites (N-methyl/N-ethyl adjacent to an activating group) is 1. The first-order valence-electron chi connectivity index (χ1n) is 9.73. The molecule has 0 radical (unpaired) electrons. The van der Waals surface area contributed by atoms with E-state index in [1.807, 2.05) is 12.1 Å². The Morgan fingerprint density at radius 1 is 0.967 bits per heavy atom. The fourth-order valence-corrected chi connectivity index (χ4v) is 3.51. The van der Waals surface area contributed by atoms with E-state index in [1.165, 1.54) is 9.80 Å². The number of rotatable bonds is 4. The van der Waals surface area contributed by atoms with Gasteiger partial charge in [-0.3, -0.25) is 14.5 Å². The van der Waals surface area contributed by atoms with Gasteiger partial charge in [0.1, 0.15) is 17.8 Å². The van der Waals surface area contributed by atoms with Crippen LogP contribution in [0.15, 0.2) is 72.8 Å². The molecular formula is C24H26N2O4. The van der Waals surface area contributed by atoms with Crippen LogP contribution in [0.2, 0.25) is 0 Å². The standard InChI is InChI=1S/C24H26N2O4/c1-16(20(27)18-14-10-7-11-15-18)21-25(5)22(28)19(17-12-8-6-9-13-17)26(21)23(29)30-24(2,3)4/h6-15,19,21H,1H2,2-5H3/t19-,21-/m0/s1. The molecule has 0 saturated carbocycles. The minimum absolute atomic E-state index is 0.126. The van der Waals surface area contributed by atoms with E-state index in [0.717, 1.165) is 0 Å². The average molecular weight is 406 g/mol. The Kier molecular flexibility index (Phi) is 5.78. The smallest absolute Gasteiger partial charge is 0.413 e. The van der Waals surface area contributed by atoms with Gasteiger partial charge in [-0.05, 0) is 26.3 Å². The number of benzene rings is 2. The second-order valence-corrected chi connectivity index (χ2v) is 8.24. The summed E-state index contributed by atoms with van der Waals surface area (Å²) in [6.45, 7) is 9.22. The van der Waals surface area contributed by atoms with Gasteiger partial charge >= 0.3 is 6.09 Å². The van der Waals surface area contributed by atoms with Crippen molar-refractivity contribution in [3.63, 3.8) is 0 Å². The quantitative estimate of drug-likeness (QED) is 0.564. The van der Waals surface area contributed by atoms with Crippen molar-refractivity contribution in [1.29, 1.82) is 0 Å². The third-order valence-corrected chi connectivity index (χ3v) is 4.85. The van der Waals surface area contributed by atoms with Gasteiger partial charge < -0.3 is 9.64 Å². The predicted octanol–water partition coefficient (Wildman–Crippen LogP) is 4.20. The van der Waals surface area contributed by atoms with E-state index in [2.05, 4.69) is 6.58 Å². The maximum atomic E-state index is 13.2. The van der Waals surface area contributed by atoms with Gasteiger partial charge in [0.2, 0.25) is 0 Å². The molecule has 2 aromatic carbocycles. The van der Waals surface area contributed by atoms with Crippen LogP contribution in [0.3, 0.4) is 0 Å². The Morgan fingerprint density at radius 2 is 1.50 bits per heavy atom. The van der Waals surface area contributed by atoms with Gasteiger partial charge in [-0.25, -0.2) is 4.79 Å². The largest absolute Gasteiger partial charge is 0.444 e. The maximum absolute atomic E-state index is 13.2. The molecule has 156 valence electrons. The SMILES string of the molecule is C=C(C(=O)c1ccccc1)[C@H]1N(C)C(=O)[C@H](c2ccccc2)N1C(=O)OC(C)(C)C. The predicted molar refractivity (Wildman–Crippen MR) is 114 cm³/mol. The number of nitrogens with zero attached hydrogens (tertiary/aromatic N) is 2. The molecule has 1 aliphatic rings. The summed E-state index contributed by atoms with van der Waals surface area (Å²) in [5.74, 6) is -0.637. The zero-order chi connectivity index (χ0) is 22.1. The lowest BCUT2D eigenvalue weighted by Gasteiger charge is -2.32. The van der Waals surface area contributed by atoms with Crippen molar-refractivity contribution in [2.75, 3.05) is 7.05 Å². The molecule has 0 N–H and O–H groups in total. The molecule has 0 bridgehead atoms. The number of ketones is 1. The second-order valence-electron chi connectivity index (χ2n) is 8.24. The number of carbonyl (C=O) groups is 3. The number of hydrogen-bond acceptors (Lipinski definition) is 4. The van der Waals surface area contributed by atoms with E-state index in [9.17, 15) is 14.4 Å². The maximum Gasteiger partial charge on any atom is 0.413 e. The van der Waals surface area contributed by atoms with Crippen LogP contribution in [0.4, 0.5) is 4.79 Å². The Labute approximate surface area is 176 Å². The van der Waals surface area contributed by atoms with Crippen LogP contribution in [0.25, 0.3) is 0 Å². The highest BCUT2D eigenvalue weighted by atomic mass is 16.6. The van der Waals surface area contributed by atoms with Crippen molar-refractivity contribution in [2.45, 2.75) is 38.6 Å². The van der Waals surface area contributed by atoms with Gasteiger partial charge in [0.05, 0.1) is 0 Å². The molecule has 1 aliphatic heterocycles. The number of hydrogen-bond donors (Lipinski definition) is 0. The first-order valence-corrected chi connectivity index (χ1v) is 9.73.